The van der Waals surface area contributed by atoms with Gasteiger partial charge < -0.3 is 10.1 Å². The summed E-state index contributed by atoms with van der Waals surface area (Å²) < 4.78 is 6.04. The monoisotopic (exact) mass is 302 g/mol. The van der Waals surface area contributed by atoms with Crippen molar-refractivity contribution in [1.82, 2.24) is 5.32 Å². The van der Waals surface area contributed by atoms with Crippen LogP contribution in [0.4, 0.5) is 5.69 Å². The lowest BCUT2D eigenvalue weighted by atomic mass is 10.3. The van der Waals surface area contributed by atoms with Gasteiger partial charge in [0.15, 0.2) is 5.75 Å². The van der Waals surface area contributed by atoms with Gasteiger partial charge in [0.05, 0.1) is 4.92 Å². The van der Waals surface area contributed by atoms with E-state index in [9.17, 15) is 10.1 Å². The van der Waals surface area contributed by atoms with Crippen molar-refractivity contribution in [2.45, 2.75) is 19.9 Å². The van der Waals surface area contributed by atoms with Crippen LogP contribution in [0.25, 0.3) is 0 Å². The fraction of sp³-hybridized carbons (Fsp3) is 0.455. The molecule has 94 valence electrons. The molecule has 0 aliphatic heterocycles. The van der Waals surface area contributed by atoms with Crippen LogP contribution in [-0.2, 0) is 0 Å². The van der Waals surface area contributed by atoms with E-state index in [2.05, 4.69) is 21.2 Å². The number of hydrogen-bond donors (Lipinski definition) is 1. The van der Waals surface area contributed by atoms with Gasteiger partial charge in [0.2, 0.25) is 0 Å². The molecule has 0 unspecified atom stereocenters. The highest BCUT2D eigenvalue weighted by molar-refractivity contribution is 9.10. The molecule has 17 heavy (non-hydrogen) atoms. The number of ether oxygens (including phenoxy) is 1. The molecule has 1 N–H and O–H groups in total. The molecule has 5 nitrogen and oxygen atoms in total. The maximum atomic E-state index is 10.8. The smallest absolute Gasteiger partial charge is 0.312 e. The molecule has 0 aliphatic carbocycles. The predicted molar refractivity (Wildman–Crippen MR) is 69.4 cm³/mol. The molecule has 0 saturated carbocycles. The van der Waals surface area contributed by atoms with Gasteiger partial charge in [-0.2, -0.15) is 0 Å². The normalized spacial score (nSPS) is 10.6. The molecule has 1 aromatic carbocycles. The zero-order valence-electron chi connectivity index (χ0n) is 9.77. The van der Waals surface area contributed by atoms with E-state index in [0.29, 0.717) is 29.4 Å². The molecule has 0 radical (unpaired) electrons. The van der Waals surface area contributed by atoms with Crippen LogP contribution in [-0.4, -0.2) is 24.1 Å². The molecule has 0 bridgehead atoms. The standard InChI is InChI=1S/C11H15BrN2O3/c1-8(2)13-5-6-17-11-4-3-9(12)7-10(11)14(15)16/h3-4,7-8,13H,5-6H2,1-2H3. The Bertz CT molecular complexity index is 396. The van der Waals surface area contributed by atoms with Crippen LogP contribution in [0.2, 0.25) is 0 Å². The van der Waals surface area contributed by atoms with Gasteiger partial charge in [0, 0.05) is 23.1 Å². The average Bonchev–Trinajstić information content (AvgIpc) is 2.25. The van der Waals surface area contributed by atoms with Gasteiger partial charge in [-0.25, -0.2) is 0 Å². The Morgan fingerprint density at radius 2 is 2.24 bits per heavy atom. The van der Waals surface area contributed by atoms with E-state index in [1.165, 1.54) is 6.07 Å². The van der Waals surface area contributed by atoms with Gasteiger partial charge in [-0.3, -0.25) is 10.1 Å². The summed E-state index contributed by atoms with van der Waals surface area (Å²) >= 11 is 3.19. The van der Waals surface area contributed by atoms with E-state index in [1.807, 2.05) is 13.8 Å². The van der Waals surface area contributed by atoms with Crippen molar-refractivity contribution in [2.75, 3.05) is 13.2 Å². The molecule has 0 aliphatic rings. The lowest BCUT2D eigenvalue weighted by Gasteiger charge is -2.09. The number of rotatable bonds is 6. The fourth-order valence-corrected chi connectivity index (χ4v) is 1.61. The van der Waals surface area contributed by atoms with Crippen molar-refractivity contribution in [3.63, 3.8) is 0 Å². The van der Waals surface area contributed by atoms with Crippen LogP contribution in [0.5, 0.6) is 5.75 Å². The van der Waals surface area contributed by atoms with Gasteiger partial charge in [-0.05, 0) is 12.1 Å². The highest BCUT2D eigenvalue weighted by Crippen LogP contribution is 2.29. The Labute approximate surface area is 108 Å². The molecule has 0 saturated heterocycles. The van der Waals surface area contributed by atoms with Gasteiger partial charge in [0.1, 0.15) is 6.61 Å². The number of nitrogens with one attached hydrogen (secondary N) is 1. The Morgan fingerprint density at radius 1 is 1.53 bits per heavy atom. The van der Waals surface area contributed by atoms with Gasteiger partial charge >= 0.3 is 5.69 Å². The number of hydrogen-bond acceptors (Lipinski definition) is 4. The van der Waals surface area contributed by atoms with E-state index in [-0.39, 0.29) is 5.69 Å². The summed E-state index contributed by atoms with van der Waals surface area (Å²) in [6.07, 6.45) is 0. The number of benzene rings is 1. The largest absolute Gasteiger partial charge is 0.485 e. The molecule has 0 atom stereocenters. The Kier molecular flexibility index (Phi) is 5.37. The third-order valence-electron chi connectivity index (χ3n) is 2.03. The predicted octanol–water partition coefficient (Wildman–Crippen LogP) is 2.73. The first kappa shape index (κ1) is 13.9. The van der Waals surface area contributed by atoms with Crippen molar-refractivity contribution >= 4 is 21.6 Å². The van der Waals surface area contributed by atoms with E-state index in [4.69, 9.17) is 4.74 Å². The van der Waals surface area contributed by atoms with Crippen molar-refractivity contribution in [3.05, 3.63) is 32.8 Å². The summed E-state index contributed by atoms with van der Waals surface area (Å²) in [5, 5.41) is 14.0. The molecule has 0 aromatic heterocycles. The molecule has 0 heterocycles. The lowest BCUT2D eigenvalue weighted by molar-refractivity contribution is -0.385. The molecule has 1 aromatic rings. The second kappa shape index (κ2) is 6.56. The summed E-state index contributed by atoms with van der Waals surface area (Å²) in [4.78, 5) is 10.4. The SMILES string of the molecule is CC(C)NCCOc1ccc(Br)cc1[N+](=O)[O-]. The molecular formula is C11H15BrN2O3. The number of nitrogens with zero attached hydrogens (tertiary/aromatic N) is 1. The maximum Gasteiger partial charge on any atom is 0.312 e. The van der Waals surface area contributed by atoms with Crippen LogP contribution in [0.15, 0.2) is 22.7 Å². The molecule has 1 rings (SSSR count). The molecule has 0 fully saturated rings. The topological polar surface area (TPSA) is 64.4 Å². The Morgan fingerprint density at radius 3 is 2.82 bits per heavy atom. The minimum absolute atomic E-state index is 0.0241. The number of halogens is 1. The third-order valence-corrected chi connectivity index (χ3v) is 2.52. The maximum absolute atomic E-state index is 10.8. The second-order valence-electron chi connectivity index (χ2n) is 3.83. The minimum atomic E-state index is -0.448. The van der Waals surface area contributed by atoms with Crippen LogP contribution in [0.1, 0.15) is 13.8 Å². The van der Waals surface area contributed by atoms with Gasteiger partial charge in [-0.15, -0.1) is 0 Å². The summed E-state index contributed by atoms with van der Waals surface area (Å²) in [6, 6.07) is 5.12. The first-order chi connectivity index (χ1) is 8.00. The van der Waals surface area contributed by atoms with Crippen molar-refractivity contribution in [1.29, 1.82) is 0 Å². The third kappa shape index (κ3) is 4.70. The van der Waals surface area contributed by atoms with Gasteiger partial charge in [0.25, 0.3) is 0 Å². The van der Waals surface area contributed by atoms with E-state index in [0.717, 1.165) is 0 Å². The Hall–Kier alpha value is -1.14. The first-order valence-corrected chi connectivity index (χ1v) is 6.10. The van der Waals surface area contributed by atoms with E-state index < -0.39 is 4.92 Å². The quantitative estimate of drug-likeness (QED) is 0.498. The lowest BCUT2D eigenvalue weighted by Crippen LogP contribution is -2.27. The van der Waals surface area contributed by atoms with Crippen LogP contribution in [0, 0.1) is 10.1 Å². The van der Waals surface area contributed by atoms with Crippen LogP contribution >= 0.6 is 15.9 Å². The molecular weight excluding hydrogens is 288 g/mol. The van der Waals surface area contributed by atoms with Crippen LogP contribution in [0.3, 0.4) is 0 Å². The second-order valence-corrected chi connectivity index (χ2v) is 4.74. The van der Waals surface area contributed by atoms with E-state index in [1.54, 1.807) is 12.1 Å². The minimum Gasteiger partial charge on any atom is -0.485 e. The fourth-order valence-electron chi connectivity index (χ4n) is 1.26. The number of nitro groups is 1. The zero-order chi connectivity index (χ0) is 12.8. The van der Waals surface area contributed by atoms with Crippen molar-refractivity contribution in [3.8, 4) is 5.75 Å². The Balaban J connectivity index is 2.61. The number of nitro benzene ring substituents is 1. The summed E-state index contributed by atoms with van der Waals surface area (Å²) in [7, 11) is 0. The summed E-state index contributed by atoms with van der Waals surface area (Å²) in [6.45, 7) is 5.12. The molecule has 0 amide bonds. The molecule has 0 spiro atoms. The van der Waals surface area contributed by atoms with Crippen molar-refractivity contribution < 1.29 is 9.66 Å². The van der Waals surface area contributed by atoms with E-state index >= 15 is 0 Å². The highest BCUT2D eigenvalue weighted by atomic mass is 79.9. The summed E-state index contributed by atoms with van der Waals surface area (Å²) in [5.74, 6) is 0.295. The zero-order valence-corrected chi connectivity index (χ0v) is 11.4. The van der Waals surface area contributed by atoms with Crippen molar-refractivity contribution in [2.24, 2.45) is 0 Å². The highest BCUT2D eigenvalue weighted by Gasteiger charge is 2.15. The van der Waals surface area contributed by atoms with Crippen LogP contribution < -0.4 is 10.1 Å². The van der Waals surface area contributed by atoms with Gasteiger partial charge in [-0.1, -0.05) is 29.8 Å². The molecule has 6 heteroatoms. The summed E-state index contributed by atoms with van der Waals surface area (Å²) in [5.41, 5.74) is -0.0241. The average molecular weight is 303 g/mol. The first-order valence-electron chi connectivity index (χ1n) is 5.31.